The highest BCUT2D eigenvalue weighted by Crippen LogP contribution is 2.51. The number of carbonyl (C=O) groups excluding carboxylic acids is 1. The molecule has 23 heavy (non-hydrogen) atoms. The predicted octanol–water partition coefficient (Wildman–Crippen LogP) is 2.78. The number of amides is 1. The molecule has 2 saturated carbocycles. The van der Waals surface area contributed by atoms with Crippen LogP contribution in [0.5, 0.6) is 5.75 Å². The van der Waals surface area contributed by atoms with Crippen molar-refractivity contribution in [3.63, 3.8) is 0 Å². The Bertz CT molecular complexity index is 536. The molecule has 3 aliphatic rings. The lowest BCUT2D eigenvalue weighted by Gasteiger charge is -2.50. The molecule has 4 rings (SSSR count). The normalized spacial score (nSPS) is 33.0. The van der Waals surface area contributed by atoms with Gasteiger partial charge >= 0.3 is 0 Å². The molecule has 1 aromatic carbocycles. The molecule has 1 aliphatic heterocycles. The van der Waals surface area contributed by atoms with Crippen molar-refractivity contribution in [3.8, 4) is 5.75 Å². The predicted molar refractivity (Wildman–Crippen MR) is 87.2 cm³/mol. The first kappa shape index (κ1) is 15.0. The van der Waals surface area contributed by atoms with Crippen LogP contribution in [0.3, 0.4) is 0 Å². The largest absolute Gasteiger partial charge is 0.484 e. The Hall–Kier alpha value is -1.55. The smallest absolute Gasteiger partial charge is 0.258 e. The molecule has 2 aliphatic carbocycles. The monoisotopic (exact) mass is 315 g/mol. The van der Waals surface area contributed by atoms with Gasteiger partial charge in [-0.2, -0.15) is 0 Å². The van der Waals surface area contributed by atoms with Gasteiger partial charge in [0.1, 0.15) is 5.75 Å². The van der Waals surface area contributed by atoms with Crippen LogP contribution in [-0.2, 0) is 9.53 Å². The fourth-order valence-corrected chi connectivity index (χ4v) is 4.75. The number of hydrogen-bond donors (Lipinski definition) is 1. The topological polar surface area (TPSA) is 47.6 Å². The SMILES string of the molecule is O=C(COc1ccccc1)NC1C2CCOC2C1C1CCCC1. The van der Waals surface area contributed by atoms with Crippen molar-refractivity contribution < 1.29 is 14.3 Å². The zero-order chi connectivity index (χ0) is 15.6. The fourth-order valence-electron chi connectivity index (χ4n) is 4.75. The molecule has 0 radical (unpaired) electrons. The summed E-state index contributed by atoms with van der Waals surface area (Å²) in [5.41, 5.74) is 0. The highest BCUT2D eigenvalue weighted by Gasteiger charge is 2.56. The molecule has 4 unspecified atom stereocenters. The van der Waals surface area contributed by atoms with Gasteiger partial charge in [0.05, 0.1) is 6.10 Å². The standard InChI is InChI=1S/C19H25NO3/c21-16(12-23-14-8-2-1-3-9-14)20-18-15-10-11-22-19(15)17(18)13-6-4-5-7-13/h1-3,8-9,13,15,17-19H,4-7,10-12H2,(H,20,21). The van der Waals surface area contributed by atoms with E-state index in [9.17, 15) is 4.79 Å². The maximum absolute atomic E-state index is 12.3. The maximum atomic E-state index is 12.3. The number of nitrogens with one attached hydrogen (secondary N) is 1. The summed E-state index contributed by atoms with van der Waals surface area (Å²) < 4.78 is 11.5. The van der Waals surface area contributed by atoms with Crippen molar-refractivity contribution in [2.75, 3.05) is 13.2 Å². The number of benzene rings is 1. The lowest BCUT2D eigenvalue weighted by atomic mass is 9.61. The molecule has 1 N–H and O–H groups in total. The molecule has 0 aromatic heterocycles. The molecule has 4 nitrogen and oxygen atoms in total. The van der Waals surface area contributed by atoms with Crippen LogP contribution in [0.4, 0.5) is 0 Å². The summed E-state index contributed by atoms with van der Waals surface area (Å²) >= 11 is 0. The number of para-hydroxylation sites is 1. The molecule has 4 atom stereocenters. The molecule has 0 spiro atoms. The third-order valence-electron chi connectivity index (χ3n) is 5.82. The quantitative estimate of drug-likeness (QED) is 0.909. The fraction of sp³-hybridized carbons (Fsp3) is 0.632. The number of hydrogen-bond acceptors (Lipinski definition) is 3. The van der Waals surface area contributed by atoms with Crippen molar-refractivity contribution in [2.45, 2.75) is 44.2 Å². The van der Waals surface area contributed by atoms with Crippen LogP contribution in [0.25, 0.3) is 0 Å². The van der Waals surface area contributed by atoms with Crippen LogP contribution < -0.4 is 10.1 Å². The van der Waals surface area contributed by atoms with Gasteiger partial charge in [0.25, 0.3) is 5.91 Å². The first-order chi connectivity index (χ1) is 11.3. The molecular formula is C19H25NO3. The van der Waals surface area contributed by atoms with Crippen LogP contribution >= 0.6 is 0 Å². The van der Waals surface area contributed by atoms with Gasteiger partial charge in [-0.25, -0.2) is 0 Å². The van der Waals surface area contributed by atoms with E-state index in [1.165, 1.54) is 25.7 Å². The van der Waals surface area contributed by atoms with Gasteiger partial charge in [-0.1, -0.05) is 43.9 Å². The van der Waals surface area contributed by atoms with Crippen molar-refractivity contribution in [1.82, 2.24) is 5.32 Å². The Morgan fingerprint density at radius 2 is 1.96 bits per heavy atom. The molecule has 1 aromatic rings. The highest BCUT2D eigenvalue weighted by atomic mass is 16.5. The lowest BCUT2D eigenvalue weighted by molar-refractivity contribution is -0.131. The van der Waals surface area contributed by atoms with E-state index < -0.39 is 0 Å². The van der Waals surface area contributed by atoms with E-state index >= 15 is 0 Å². The van der Waals surface area contributed by atoms with Crippen LogP contribution in [0.15, 0.2) is 30.3 Å². The average molecular weight is 315 g/mol. The molecule has 124 valence electrons. The Balaban J connectivity index is 1.34. The second-order valence-corrected chi connectivity index (χ2v) is 7.10. The van der Waals surface area contributed by atoms with E-state index in [4.69, 9.17) is 9.47 Å². The minimum absolute atomic E-state index is 0.00722. The van der Waals surface area contributed by atoms with Gasteiger partial charge in [-0.05, 0) is 24.5 Å². The summed E-state index contributed by atoms with van der Waals surface area (Å²) in [4.78, 5) is 12.3. The molecular weight excluding hydrogens is 290 g/mol. The summed E-state index contributed by atoms with van der Waals surface area (Å²) in [5, 5.41) is 3.24. The minimum Gasteiger partial charge on any atom is -0.484 e. The highest BCUT2D eigenvalue weighted by molar-refractivity contribution is 5.78. The Morgan fingerprint density at radius 3 is 2.74 bits per heavy atom. The van der Waals surface area contributed by atoms with Crippen molar-refractivity contribution in [1.29, 1.82) is 0 Å². The Labute approximate surface area is 137 Å². The van der Waals surface area contributed by atoms with Gasteiger partial charge in [-0.15, -0.1) is 0 Å². The summed E-state index contributed by atoms with van der Waals surface area (Å²) in [6, 6.07) is 9.80. The van der Waals surface area contributed by atoms with E-state index in [1.54, 1.807) is 0 Å². The lowest BCUT2D eigenvalue weighted by Crippen LogP contribution is -2.63. The van der Waals surface area contributed by atoms with Gasteiger partial charge in [0, 0.05) is 24.5 Å². The Morgan fingerprint density at radius 1 is 1.17 bits per heavy atom. The van der Waals surface area contributed by atoms with Crippen LogP contribution in [0.1, 0.15) is 32.1 Å². The summed E-state index contributed by atoms with van der Waals surface area (Å²) in [6.07, 6.45) is 6.72. The number of rotatable bonds is 5. The molecule has 3 fully saturated rings. The third-order valence-corrected chi connectivity index (χ3v) is 5.82. The van der Waals surface area contributed by atoms with Crippen molar-refractivity contribution >= 4 is 5.91 Å². The van der Waals surface area contributed by atoms with Crippen LogP contribution in [0.2, 0.25) is 0 Å². The van der Waals surface area contributed by atoms with Crippen molar-refractivity contribution in [2.24, 2.45) is 17.8 Å². The zero-order valence-corrected chi connectivity index (χ0v) is 13.4. The number of fused-ring (bicyclic) bond motifs is 1. The first-order valence-corrected chi connectivity index (χ1v) is 8.92. The third kappa shape index (κ3) is 2.97. The summed E-state index contributed by atoms with van der Waals surface area (Å²) in [7, 11) is 0. The van der Waals surface area contributed by atoms with Gasteiger partial charge in [0.15, 0.2) is 6.61 Å². The minimum atomic E-state index is -0.00722. The van der Waals surface area contributed by atoms with E-state index in [1.807, 2.05) is 30.3 Å². The molecule has 0 bridgehead atoms. The maximum Gasteiger partial charge on any atom is 0.258 e. The zero-order valence-electron chi connectivity index (χ0n) is 13.4. The number of carbonyl (C=O) groups is 1. The Kier molecular flexibility index (Phi) is 4.25. The van der Waals surface area contributed by atoms with E-state index in [2.05, 4.69) is 5.32 Å². The summed E-state index contributed by atoms with van der Waals surface area (Å²) in [5.74, 6) is 2.50. The second kappa shape index (κ2) is 6.52. The first-order valence-electron chi connectivity index (χ1n) is 8.92. The van der Waals surface area contributed by atoms with E-state index in [0.717, 1.165) is 24.7 Å². The van der Waals surface area contributed by atoms with E-state index in [0.29, 0.717) is 17.9 Å². The van der Waals surface area contributed by atoms with E-state index in [-0.39, 0.29) is 18.6 Å². The van der Waals surface area contributed by atoms with Gasteiger partial charge < -0.3 is 14.8 Å². The molecule has 4 heteroatoms. The van der Waals surface area contributed by atoms with Crippen LogP contribution in [-0.4, -0.2) is 31.3 Å². The average Bonchev–Trinajstić information content (AvgIpc) is 3.23. The van der Waals surface area contributed by atoms with Gasteiger partial charge in [0.2, 0.25) is 0 Å². The van der Waals surface area contributed by atoms with Crippen molar-refractivity contribution in [3.05, 3.63) is 30.3 Å². The van der Waals surface area contributed by atoms with Gasteiger partial charge in [-0.3, -0.25) is 4.79 Å². The molecule has 1 saturated heterocycles. The molecule has 1 amide bonds. The number of ether oxygens (including phenoxy) is 2. The second-order valence-electron chi connectivity index (χ2n) is 7.10. The summed E-state index contributed by atoms with van der Waals surface area (Å²) in [6.45, 7) is 0.946. The van der Waals surface area contributed by atoms with Crippen LogP contribution in [0, 0.1) is 17.8 Å². The molecule has 1 heterocycles.